The van der Waals surface area contributed by atoms with Crippen LogP contribution in [0.25, 0.3) is 20.7 Å². The average Bonchev–Trinajstić information content (AvgIpc) is 3.08. The highest BCUT2D eigenvalue weighted by Gasteiger charge is 2.12. The topological polar surface area (TPSA) is 59.9 Å². The second kappa shape index (κ2) is 6.49. The molecule has 1 aromatic carbocycles. The molecule has 3 heterocycles. The summed E-state index contributed by atoms with van der Waals surface area (Å²) in [6.45, 7) is 2.02. The summed E-state index contributed by atoms with van der Waals surface area (Å²) < 4.78 is 5.20. The first-order valence-electron chi connectivity index (χ1n) is 7.82. The number of nitrogens with zero attached hydrogens (tertiary/aromatic N) is 3. The lowest BCUT2D eigenvalue weighted by Gasteiger charge is -2.07. The van der Waals surface area contributed by atoms with Crippen molar-refractivity contribution in [1.29, 1.82) is 0 Å². The lowest BCUT2D eigenvalue weighted by atomic mass is 10.1. The summed E-state index contributed by atoms with van der Waals surface area (Å²) in [6, 6.07) is 13.9. The molecule has 6 heteroatoms. The van der Waals surface area contributed by atoms with Crippen molar-refractivity contribution in [3.63, 3.8) is 0 Å². The van der Waals surface area contributed by atoms with Gasteiger partial charge in [0.2, 0.25) is 0 Å². The van der Waals surface area contributed by atoms with E-state index in [9.17, 15) is 0 Å². The van der Waals surface area contributed by atoms with Crippen LogP contribution in [-0.4, -0.2) is 22.1 Å². The van der Waals surface area contributed by atoms with Crippen LogP contribution in [0.1, 0.15) is 5.69 Å². The second-order valence-electron chi connectivity index (χ2n) is 5.54. The minimum atomic E-state index is 0.791. The number of aromatic nitrogens is 3. The molecular formula is C19H16N4OS. The molecule has 0 fully saturated rings. The molecule has 0 spiro atoms. The standard InChI is InChI=1S/C19H16N4OS/c1-12-15(4-3-9-20-12)17-10-16-18(21-11-22-19(16)25-17)23-13-5-7-14(24-2)8-6-13/h3-11H,1-2H3,(H,21,22,23). The van der Waals surface area contributed by atoms with Crippen LogP contribution in [0.15, 0.2) is 55.0 Å². The fourth-order valence-electron chi connectivity index (χ4n) is 2.64. The second-order valence-corrected chi connectivity index (χ2v) is 6.57. The molecule has 25 heavy (non-hydrogen) atoms. The lowest BCUT2D eigenvalue weighted by molar-refractivity contribution is 0.415. The Morgan fingerprint density at radius 3 is 2.64 bits per heavy atom. The Morgan fingerprint density at radius 2 is 1.88 bits per heavy atom. The van der Waals surface area contributed by atoms with Crippen LogP contribution >= 0.6 is 11.3 Å². The molecule has 4 rings (SSSR count). The molecule has 4 aromatic rings. The molecule has 0 saturated carbocycles. The summed E-state index contributed by atoms with van der Waals surface area (Å²) in [5.74, 6) is 1.61. The number of nitrogens with one attached hydrogen (secondary N) is 1. The zero-order valence-electron chi connectivity index (χ0n) is 13.9. The highest BCUT2D eigenvalue weighted by Crippen LogP contribution is 2.36. The molecular weight excluding hydrogens is 332 g/mol. The zero-order valence-corrected chi connectivity index (χ0v) is 14.7. The van der Waals surface area contributed by atoms with Crippen LogP contribution < -0.4 is 10.1 Å². The van der Waals surface area contributed by atoms with Crippen molar-refractivity contribution < 1.29 is 4.74 Å². The largest absolute Gasteiger partial charge is 0.497 e. The first-order valence-corrected chi connectivity index (χ1v) is 8.64. The molecule has 5 nitrogen and oxygen atoms in total. The minimum absolute atomic E-state index is 0.791. The first kappa shape index (κ1) is 15.5. The van der Waals surface area contributed by atoms with Crippen molar-refractivity contribution in [2.75, 3.05) is 12.4 Å². The predicted octanol–water partition coefficient (Wildman–Crippen LogP) is 4.81. The Kier molecular flexibility index (Phi) is 4.03. The molecule has 0 bridgehead atoms. The van der Waals surface area contributed by atoms with Gasteiger partial charge in [0, 0.05) is 28.0 Å². The van der Waals surface area contributed by atoms with Crippen LogP contribution in [0.2, 0.25) is 0 Å². The Hall–Kier alpha value is -2.99. The predicted molar refractivity (Wildman–Crippen MR) is 102 cm³/mol. The number of anilines is 2. The molecule has 124 valence electrons. The molecule has 0 aliphatic heterocycles. The Bertz CT molecular complexity index is 1030. The van der Waals surface area contributed by atoms with Crippen molar-refractivity contribution in [2.45, 2.75) is 6.92 Å². The third-order valence-corrected chi connectivity index (χ3v) is 5.03. The Morgan fingerprint density at radius 1 is 1.04 bits per heavy atom. The van der Waals surface area contributed by atoms with Crippen LogP contribution in [0.4, 0.5) is 11.5 Å². The molecule has 0 atom stereocenters. The van der Waals surface area contributed by atoms with Gasteiger partial charge in [-0.1, -0.05) is 6.07 Å². The van der Waals surface area contributed by atoms with Gasteiger partial charge in [0.1, 0.15) is 22.7 Å². The van der Waals surface area contributed by atoms with Gasteiger partial charge < -0.3 is 10.1 Å². The average molecular weight is 348 g/mol. The van der Waals surface area contributed by atoms with Crippen LogP contribution in [0.3, 0.4) is 0 Å². The number of hydrogen-bond acceptors (Lipinski definition) is 6. The quantitative estimate of drug-likeness (QED) is 0.573. The minimum Gasteiger partial charge on any atom is -0.497 e. The fraction of sp³-hybridized carbons (Fsp3) is 0.105. The van der Waals surface area contributed by atoms with Gasteiger partial charge in [0.15, 0.2) is 0 Å². The molecule has 0 aliphatic rings. The fourth-order valence-corrected chi connectivity index (χ4v) is 3.72. The Balaban J connectivity index is 1.73. The van der Waals surface area contributed by atoms with E-state index in [0.717, 1.165) is 43.6 Å². The zero-order chi connectivity index (χ0) is 17.2. The summed E-state index contributed by atoms with van der Waals surface area (Å²) in [4.78, 5) is 15.3. The van der Waals surface area contributed by atoms with Crippen molar-refractivity contribution in [3.8, 4) is 16.2 Å². The highest BCUT2D eigenvalue weighted by molar-refractivity contribution is 7.21. The summed E-state index contributed by atoms with van der Waals surface area (Å²) in [6.07, 6.45) is 3.40. The molecule has 0 aliphatic carbocycles. The van der Waals surface area contributed by atoms with Gasteiger partial charge in [-0.05, 0) is 43.3 Å². The normalized spacial score (nSPS) is 10.8. The number of hydrogen-bond donors (Lipinski definition) is 1. The third kappa shape index (κ3) is 3.04. The molecule has 1 N–H and O–H groups in total. The molecule has 0 amide bonds. The van der Waals surface area contributed by atoms with Gasteiger partial charge in [-0.15, -0.1) is 11.3 Å². The van der Waals surface area contributed by atoms with E-state index < -0.39 is 0 Å². The van der Waals surface area contributed by atoms with E-state index >= 15 is 0 Å². The van der Waals surface area contributed by atoms with E-state index in [2.05, 4.69) is 32.4 Å². The van der Waals surface area contributed by atoms with Crippen LogP contribution in [0, 0.1) is 6.92 Å². The summed E-state index contributed by atoms with van der Waals surface area (Å²) in [5.41, 5.74) is 3.08. The maximum atomic E-state index is 5.20. The number of pyridine rings is 1. The number of fused-ring (bicyclic) bond motifs is 1. The molecule has 0 saturated heterocycles. The Labute approximate surface area is 149 Å². The van der Waals surface area contributed by atoms with E-state index in [1.165, 1.54) is 0 Å². The third-order valence-electron chi connectivity index (χ3n) is 3.95. The van der Waals surface area contributed by atoms with Crippen LogP contribution in [-0.2, 0) is 0 Å². The maximum Gasteiger partial charge on any atom is 0.142 e. The smallest absolute Gasteiger partial charge is 0.142 e. The van der Waals surface area contributed by atoms with E-state index in [0.29, 0.717) is 0 Å². The maximum absolute atomic E-state index is 5.20. The lowest BCUT2D eigenvalue weighted by Crippen LogP contribution is -1.94. The van der Waals surface area contributed by atoms with E-state index in [4.69, 9.17) is 4.74 Å². The molecule has 0 unspecified atom stereocenters. The van der Waals surface area contributed by atoms with Gasteiger partial charge in [-0.2, -0.15) is 0 Å². The number of ether oxygens (including phenoxy) is 1. The van der Waals surface area contributed by atoms with E-state index in [1.54, 1.807) is 24.8 Å². The molecule has 0 radical (unpaired) electrons. The summed E-state index contributed by atoms with van der Waals surface area (Å²) in [5, 5.41) is 4.36. The first-order chi connectivity index (χ1) is 12.2. The summed E-state index contributed by atoms with van der Waals surface area (Å²) in [7, 11) is 1.66. The van der Waals surface area contributed by atoms with Crippen molar-refractivity contribution in [2.24, 2.45) is 0 Å². The SMILES string of the molecule is COc1ccc(Nc2ncnc3sc(-c4cccnc4C)cc23)cc1. The number of benzene rings is 1. The van der Waals surface area contributed by atoms with E-state index in [-0.39, 0.29) is 0 Å². The van der Waals surface area contributed by atoms with Gasteiger partial charge in [0.05, 0.1) is 12.5 Å². The number of thiophene rings is 1. The van der Waals surface area contributed by atoms with Gasteiger partial charge in [-0.25, -0.2) is 9.97 Å². The number of methoxy groups -OCH3 is 1. The monoisotopic (exact) mass is 348 g/mol. The van der Waals surface area contributed by atoms with Crippen molar-refractivity contribution in [3.05, 3.63) is 60.7 Å². The number of rotatable bonds is 4. The van der Waals surface area contributed by atoms with Crippen molar-refractivity contribution >= 4 is 33.1 Å². The van der Waals surface area contributed by atoms with Gasteiger partial charge in [-0.3, -0.25) is 4.98 Å². The van der Waals surface area contributed by atoms with Crippen LogP contribution in [0.5, 0.6) is 5.75 Å². The van der Waals surface area contributed by atoms with Gasteiger partial charge in [0.25, 0.3) is 0 Å². The van der Waals surface area contributed by atoms with Gasteiger partial charge >= 0.3 is 0 Å². The van der Waals surface area contributed by atoms with E-state index in [1.807, 2.05) is 43.5 Å². The summed E-state index contributed by atoms with van der Waals surface area (Å²) >= 11 is 1.64. The molecule has 3 aromatic heterocycles. The van der Waals surface area contributed by atoms with Crippen molar-refractivity contribution in [1.82, 2.24) is 15.0 Å². The number of aryl methyl sites for hydroxylation is 1. The highest BCUT2D eigenvalue weighted by atomic mass is 32.1.